The van der Waals surface area contributed by atoms with Crippen LogP contribution in [0.3, 0.4) is 0 Å². The Bertz CT molecular complexity index is 1320. The minimum atomic E-state index is -3.23. The summed E-state index contributed by atoms with van der Waals surface area (Å²) < 4.78 is 46.9. The van der Waals surface area contributed by atoms with Crippen LogP contribution < -0.4 is 16.0 Å². The second kappa shape index (κ2) is 10.9. The largest absolute Gasteiger partial charge is 0.384 e. The normalized spacial score (nSPS) is 18.4. The average molecular weight is 530 g/mol. The number of hydrogen-bond acceptors (Lipinski definition) is 9. The van der Waals surface area contributed by atoms with Crippen molar-refractivity contribution in [2.75, 3.05) is 42.3 Å². The van der Waals surface area contributed by atoms with Gasteiger partial charge in [-0.2, -0.15) is 4.98 Å². The molecule has 194 valence electrons. The van der Waals surface area contributed by atoms with Gasteiger partial charge in [-0.05, 0) is 19.4 Å². The lowest BCUT2D eigenvalue weighted by atomic mass is 9.98. The van der Waals surface area contributed by atoms with Crippen molar-refractivity contribution in [2.45, 2.75) is 31.9 Å². The number of morpholine rings is 1. The number of halogens is 3. The van der Waals surface area contributed by atoms with E-state index in [0.717, 1.165) is 18.2 Å². The van der Waals surface area contributed by atoms with E-state index in [2.05, 4.69) is 27.4 Å². The van der Waals surface area contributed by atoms with Gasteiger partial charge in [-0.15, -0.1) is 11.3 Å². The first-order valence-corrected chi connectivity index (χ1v) is 12.7. The third-order valence-electron chi connectivity index (χ3n) is 6.27. The van der Waals surface area contributed by atoms with Crippen LogP contribution in [-0.2, 0) is 4.74 Å². The van der Waals surface area contributed by atoms with Crippen LogP contribution in [0.2, 0.25) is 0 Å². The molecule has 37 heavy (non-hydrogen) atoms. The van der Waals surface area contributed by atoms with Gasteiger partial charge in [0.25, 0.3) is 6.43 Å². The van der Waals surface area contributed by atoms with Crippen molar-refractivity contribution in [2.24, 2.45) is 0 Å². The minimum Gasteiger partial charge on any atom is -0.384 e. The van der Waals surface area contributed by atoms with E-state index in [1.807, 2.05) is 22.4 Å². The van der Waals surface area contributed by atoms with Crippen LogP contribution in [0.25, 0.3) is 11.3 Å². The molecule has 2 aliphatic rings. The minimum absolute atomic E-state index is 0.0533. The lowest BCUT2D eigenvalue weighted by Crippen LogP contribution is -2.37. The number of ether oxygens (including phenoxy) is 1. The van der Waals surface area contributed by atoms with Crippen molar-refractivity contribution in [1.29, 1.82) is 0 Å². The fourth-order valence-corrected chi connectivity index (χ4v) is 5.03. The molecule has 2 atom stereocenters. The van der Waals surface area contributed by atoms with Crippen LogP contribution in [-0.4, -0.2) is 52.7 Å². The van der Waals surface area contributed by atoms with Gasteiger partial charge in [0, 0.05) is 47.3 Å². The van der Waals surface area contributed by atoms with Gasteiger partial charge in [-0.3, -0.25) is 0 Å². The molecule has 12 heteroatoms. The molecule has 8 nitrogen and oxygen atoms in total. The van der Waals surface area contributed by atoms with E-state index in [-0.39, 0.29) is 22.9 Å². The summed E-state index contributed by atoms with van der Waals surface area (Å²) in [6.45, 7) is 3.86. The van der Waals surface area contributed by atoms with Gasteiger partial charge in [0.05, 0.1) is 24.6 Å². The third kappa shape index (κ3) is 5.44. The summed E-state index contributed by atoms with van der Waals surface area (Å²) in [6, 6.07) is 1.13. The molecule has 0 aromatic carbocycles. The Morgan fingerprint density at radius 2 is 1.97 bits per heavy atom. The van der Waals surface area contributed by atoms with E-state index in [0.29, 0.717) is 54.5 Å². The highest BCUT2D eigenvalue weighted by atomic mass is 32.1. The molecule has 0 spiro atoms. The lowest BCUT2D eigenvalue weighted by molar-refractivity contribution is 0.0498. The first-order valence-electron chi connectivity index (χ1n) is 11.9. The Balaban J connectivity index is 1.57. The van der Waals surface area contributed by atoms with Crippen molar-refractivity contribution in [1.82, 2.24) is 19.9 Å². The monoisotopic (exact) mass is 529 g/mol. The van der Waals surface area contributed by atoms with Gasteiger partial charge in [0.15, 0.2) is 11.3 Å². The lowest BCUT2D eigenvalue weighted by Gasteiger charge is -2.28. The molecule has 0 saturated carbocycles. The number of alkyl halides is 3. The summed E-state index contributed by atoms with van der Waals surface area (Å²) in [4.78, 5) is 20.1. The van der Waals surface area contributed by atoms with E-state index >= 15 is 0 Å². The maximum Gasteiger partial charge on any atom is 0.273 e. The van der Waals surface area contributed by atoms with E-state index in [4.69, 9.17) is 20.4 Å². The second-order valence-corrected chi connectivity index (χ2v) is 9.59. The maximum absolute atomic E-state index is 14.7. The molecule has 1 fully saturated rings. The molecule has 1 aliphatic carbocycles. The summed E-state index contributed by atoms with van der Waals surface area (Å²) in [5.41, 5.74) is 7.37. The number of nitrogens with zero attached hydrogens (tertiary/aromatic N) is 5. The standard InChI is InChI=1S/C25H26F3N7OS/c1-14-21(17-12-30-19(29)11-16(17)20(26)22(27)28)32-24(35-7-9-36-10-8-35)33-23(14)34-25-31-18(13-37-25)15-5-3-2-4-6-15/h2-5,11-13,15,20,22H,6-10H2,1H3,(H2,29,30)(H,31,32,33,34). The molecule has 1 saturated heterocycles. The Morgan fingerprint density at radius 1 is 1.16 bits per heavy atom. The Labute approximate surface area is 216 Å². The van der Waals surface area contributed by atoms with Crippen molar-refractivity contribution < 1.29 is 17.9 Å². The van der Waals surface area contributed by atoms with Gasteiger partial charge in [0.1, 0.15) is 11.6 Å². The highest BCUT2D eigenvalue weighted by Crippen LogP contribution is 2.38. The number of nitrogen functional groups attached to an aromatic ring is 1. The molecule has 0 amide bonds. The predicted octanol–water partition coefficient (Wildman–Crippen LogP) is 5.34. The van der Waals surface area contributed by atoms with Crippen molar-refractivity contribution in [3.05, 3.63) is 58.8 Å². The van der Waals surface area contributed by atoms with E-state index in [1.165, 1.54) is 17.5 Å². The van der Waals surface area contributed by atoms with Crippen LogP contribution >= 0.6 is 11.3 Å². The topological polar surface area (TPSA) is 102 Å². The summed E-state index contributed by atoms with van der Waals surface area (Å²) in [6.07, 6.45) is 4.61. The molecule has 3 aromatic rings. The highest BCUT2D eigenvalue weighted by Gasteiger charge is 2.28. The van der Waals surface area contributed by atoms with E-state index in [9.17, 15) is 13.2 Å². The summed E-state index contributed by atoms with van der Waals surface area (Å²) in [5, 5.41) is 5.90. The molecular weight excluding hydrogens is 503 g/mol. The van der Waals surface area contributed by atoms with Gasteiger partial charge < -0.3 is 20.7 Å². The molecule has 3 aromatic heterocycles. The summed E-state index contributed by atoms with van der Waals surface area (Å²) in [5.74, 6) is 0.963. The molecular formula is C25H26F3N7OS. The zero-order valence-electron chi connectivity index (χ0n) is 20.1. The van der Waals surface area contributed by atoms with Gasteiger partial charge >= 0.3 is 0 Å². The van der Waals surface area contributed by atoms with Crippen molar-refractivity contribution in [3.63, 3.8) is 0 Å². The number of rotatable bonds is 7. The number of anilines is 4. The predicted molar refractivity (Wildman–Crippen MR) is 138 cm³/mol. The molecule has 0 radical (unpaired) electrons. The zero-order chi connectivity index (χ0) is 25.9. The molecule has 0 bridgehead atoms. The van der Waals surface area contributed by atoms with Crippen LogP contribution in [0.4, 0.5) is 35.9 Å². The molecule has 2 unspecified atom stereocenters. The van der Waals surface area contributed by atoms with Crippen molar-refractivity contribution >= 4 is 34.1 Å². The number of nitrogens with one attached hydrogen (secondary N) is 1. The van der Waals surface area contributed by atoms with Gasteiger partial charge in [0.2, 0.25) is 5.95 Å². The third-order valence-corrected chi connectivity index (χ3v) is 7.04. The zero-order valence-corrected chi connectivity index (χ0v) is 20.9. The van der Waals surface area contributed by atoms with E-state index in [1.54, 1.807) is 6.92 Å². The number of aromatic nitrogens is 4. The quantitative estimate of drug-likeness (QED) is 0.423. The first kappa shape index (κ1) is 25.2. The smallest absolute Gasteiger partial charge is 0.273 e. The Hall–Kier alpha value is -3.51. The number of allylic oxidation sites excluding steroid dienone is 4. The molecule has 5 rings (SSSR count). The molecule has 4 heterocycles. The van der Waals surface area contributed by atoms with Crippen LogP contribution in [0.1, 0.15) is 35.3 Å². The summed E-state index contributed by atoms with van der Waals surface area (Å²) >= 11 is 1.44. The number of thiazole rings is 1. The maximum atomic E-state index is 14.7. The molecule has 3 N–H and O–H groups in total. The number of pyridine rings is 1. The average Bonchev–Trinajstić information content (AvgIpc) is 3.39. The second-order valence-electron chi connectivity index (χ2n) is 8.74. The Morgan fingerprint density at radius 3 is 2.70 bits per heavy atom. The fraction of sp³-hybridized carbons (Fsp3) is 0.360. The fourth-order valence-electron chi connectivity index (χ4n) is 4.26. The van der Waals surface area contributed by atoms with E-state index < -0.39 is 12.6 Å². The molecule has 1 aliphatic heterocycles. The highest BCUT2D eigenvalue weighted by molar-refractivity contribution is 7.13. The van der Waals surface area contributed by atoms with Crippen LogP contribution in [0.15, 0.2) is 41.9 Å². The summed E-state index contributed by atoms with van der Waals surface area (Å²) in [7, 11) is 0. The first-order chi connectivity index (χ1) is 17.9. The number of nitrogens with two attached hydrogens (primary N) is 1. The Kier molecular flexibility index (Phi) is 7.38. The van der Waals surface area contributed by atoms with Crippen LogP contribution in [0, 0.1) is 6.92 Å². The van der Waals surface area contributed by atoms with Crippen LogP contribution in [0.5, 0.6) is 0 Å². The SMILES string of the molecule is Cc1c(Nc2nc(C3C=CC=CC3)cs2)nc(N2CCOCC2)nc1-c1cnc(N)cc1C(F)C(F)F. The van der Waals surface area contributed by atoms with Gasteiger partial charge in [-0.25, -0.2) is 28.1 Å². The number of hydrogen-bond donors (Lipinski definition) is 2. The van der Waals surface area contributed by atoms with Crippen molar-refractivity contribution in [3.8, 4) is 11.3 Å². The van der Waals surface area contributed by atoms with Gasteiger partial charge in [-0.1, -0.05) is 24.3 Å².